The number of para-hydroxylation sites is 1. The predicted molar refractivity (Wildman–Crippen MR) is 122 cm³/mol. The van der Waals surface area contributed by atoms with Crippen molar-refractivity contribution in [1.29, 1.82) is 0 Å². The molecule has 7 rings (SSSR count). The van der Waals surface area contributed by atoms with Crippen LogP contribution in [0.5, 0.6) is 0 Å². The summed E-state index contributed by atoms with van der Waals surface area (Å²) in [6, 6.07) is 23.4. The highest BCUT2D eigenvalue weighted by molar-refractivity contribution is 7.68. The maximum Gasteiger partial charge on any atom is 0.0579 e. The molecule has 2 heteroatoms. The van der Waals surface area contributed by atoms with Gasteiger partial charge in [0.15, 0.2) is 0 Å². The minimum absolute atomic E-state index is 0.176. The van der Waals surface area contributed by atoms with Gasteiger partial charge in [-0.15, -0.1) is 0 Å². The molecule has 0 radical (unpaired) electrons. The van der Waals surface area contributed by atoms with E-state index in [1.54, 1.807) is 26.8 Å². The predicted octanol–water partition coefficient (Wildman–Crippen LogP) is 8.02. The molecule has 3 heterocycles. The van der Waals surface area contributed by atoms with E-state index in [1.165, 1.54) is 42.1 Å². The maximum absolute atomic E-state index is 2.79. The standard InChI is InChI=1S/C26H24NP/c1-25-15-7-8-16-26(25,2)27-20-10-4-6-12-22(20)28-21-11-5-3-9-17(21)18-13-14-19(25)23(27)24(18)28/h3-6,9-14H,7-8,15-16H2,1-2H3. The second-order valence-corrected chi connectivity index (χ2v) is 11.4. The number of nitrogens with zero attached hydrogens (tertiary/aromatic N) is 1. The van der Waals surface area contributed by atoms with Crippen LogP contribution in [-0.4, -0.2) is 5.54 Å². The van der Waals surface area contributed by atoms with E-state index in [0.717, 1.165) is 0 Å². The third-order valence-electron chi connectivity index (χ3n) is 8.26. The van der Waals surface area contributed by atoms with Crippen LogP contribution in [-0.2, 0) is 5.41 Å². The third-order valence-corrected chi connectivity index (χ3v) is 10.9. The van der Waals surface area contributed by atoms with Gasteiger partial charge in [-0.2, -0.15) is 0 Å². The van der Waals surface area contributed by atoms with Gasteiger partial charge in [-0.1, -0.05) is 75.8 Å². The van der Waals surface area contributed by atoms with E-state index in [9.17, 15) is 0 Å². The first-order valence-electron chi connectivity index (χ1n) is 10.6. The van der Waals surface area contributed by atoms with E-state index in [-0.39, 0.29) is 11.0 Å². The lowest BCUT2D eigenvalue weighted by atomic mass is 9.61. The largest absolute Gasteiger partial charge is 0.333 e. The van der Waals surface area contributed by atoms with Gasteiger partial charge >= 0.3 is 0 Å². The molecule has 1 aromatic heterocycles. The fourth-order valence-electron chi connectivity index (χ4n) is 6.71. The van der Waals surface area contributed by atoms with Gasteiger partial charge in [0.25, 0.3) is 0 Å². The highest BCUT2D eigenvalue weighted by Gasteiger charge is 2.59. The van der Waals surface area contributed by atoms with Crippen LogP contribution in [0, 0.1) is 0 Å². The van der Waals surface area contributed by atoms with Crippen molar-refractivity contribution in [2.75, 3.05) is 4.90 Å². The van der Waals surface area contributed by atoms with E-state index in [4.69, 9.17) is 0 Å². The molecule has 138 valence electrons. The van der Waals surface area contributed by atoms with Gasteiger partial charge in [0.05, 0.1) is 16.9 Å². The molecule has 3 unspecified atom stereocenters. The smallest absolute Gasteiger partial charge is 0.0579 e. The molecule has 0 amide bonds. The molecule has 1 nitrogen and oxygen atoms in total. The Morgan fingerprint density at radius 2 is 1.61 bits per heavy atom. The monoisotopic (exact) mass is 381 g/mol. The first-order valence-corrected chi connectivity index (χ1v) is 12.0. The number of rotatable bonds is 0. The second kappa shape index (κ2) is 4.84. The summed E-state index contributed by atoms with van der Waals surface area (Å²) >= 11 is 0. The lowest BCUT2D eigenvalue weighted by molar-refractivity contribution is 0.195. The third kappa shape index (κ3) is 1.49. The average Bonchev–Trinajstić information content (AvgIpc) is 3.16. The van der Waals surface area contributed by atoms with Crippen molar-refractivity contribution in [1.82, 2.24) is 0 Å². The summed E-state index contributed by atoms with van der Waals surface area (Å²) in [5.74, 6) is 0. The molecule has 28 heavy (non-hydrogen) atoms. The van der Waals surface area contributed by atoms with Crippen LogP contribution in [0.15, 0.2) is 60.7 Å². The minimum atomic E-state index is -0.441. The lowest BCUT2D eigenvalue weighted by Crippen LogP contribution is -2.54. The van der Waals surface area contributed by atoms with E-state index in [0.29, 0.717) is 0 Å². The highest BCUT2D eigenvalue weighted by atomic mass is 31.1. The number of fused-ring (bicyclic) bond motifs is 9. The van der Waals surface area contributed by atoms with E-state index in [1.807, 2.05) is 0 Å². The molecule has 4 aromatic rings. The minimum Gasteiger partial charge on any atom is -0.333 e. The van der Waals surface area contributed by atoms with Gasteiger partial charge in [-0.05, 0) is 48.2 Å². The van der Waals surface area contributed by atoms with Crippen molar-refractivity contribution in [3.8, 4) is 5.30 Å². The zero-order valence-corrected chi connectivity index (χ0v) is 17.4. The van der Waals surface area contributed by atoms with E-state index >= 15 is 0 Å². The SMILES string of the molecule is CC12CCCCC1(C)N1c3ccccc3-p3c4ccccc4c4ccc2c1c43. The van der Waals surface area contributed by atoms with Crippen LogP contribution < -0.4 is 4.90 Å². The summed E-state index contributed by atoms with van der Waals surface area (Å²) in [6.07, 6.45) is 5.29. The van der Waals surface area contributed by atoms with Gasteiger partial charge in [-0.25, -0.2) is 0 Å². The summed E-state index contributed by atoms with van der Waals surface area (Å²) in [4.78, 5) is 2.79. The Kier molecular flexibility index (Phi) is 2.70. The molecular weight excluding hydrogens is 357 g/mol. The van der Waals surface area contributed by atoms with Crippen molar-refractivity contribution in [2.24, 2.45) is 0 Å². The molecule has 1 saturated carbocycles. The summed E-state index contributed by atoms with van der Waals surface area (Å²) in [6.45, 7) is 5.10. The summed E-state index contributed by atoms with van der Waals surface area (Å²) in [7, 11) is -0.441. The van der Waals surface area contributed by atoms with Crippen LogP contribution in [0.4, 0.5) is 11.4 Å². The normalized spacial score (nSPS) is 27.9. The molecule has 2 aliphatic heterocycles. The van der Waals surface area contributed by atoms with Crippen LogP contribution >= 0.6 is 7.53 Å². The molecule has 0 spiro atoms. The fraction of sp³-hybridized carbons (Fsp3) is 0.308. The van der Waals surface area contributed by atoms with Crippen molar-refractivity contribution < 1.29 is 0 Å². The van der Waals surface area contributed by atoms with Crippen molar-refractivity contribution in [2.45, 2.75) is 50.5 Å². The van der Waals surface area contributed by atoms with Crippen LogP contribution in [0.1, 0.15) is 45.1 Å². The fourth-order valence-corrected chi connectivity index (χ4v) is 9.63. The number of hydrogen-bond acceptors (Lipinski definition) is 1. The van der Waals surface area contributed by atoms with E-state index < -0.39 is 7.53 Å². The zero-order chi connectivity index (χ0) is 18.7. The Morgan fingerprint density at radius 1 is 0.821 bits per heavy atom. The Bertz CT molecular complexity index is 1320. The number of anilines is 2. The average molecular weight is 381 g/mol. The van der Waals surface area contributed by atoms with Gasteiger partial charge in [0.2, 0.25) is 0 Å². The summed E-state index contributed by atoms with van der Waals surface area (Å²) in [5.41, 5.74) is 5.08. The Morgan fingerprint density at radius 3 is 2.54 bits per heavy atom. The highest BCUT2D eigenvalue weighted by Crippen LogP contribution is 2.72. The quantitative estimate of drug-likeness (QED) is 0.298. The topological polar surface area (TPSA) is 3.24 Å². The van der Waals surface area contributed by atoms with Crippen LogP contribution in [0.3, 0.4) is 0 Å². The van der Waals surface area contributed by atoms with Crippen LogP contribution in [0.25, 0.3) is 26.3 Å². The molecular formula is C26H24NP. The Balaban J connectivity index is 1.76. The van der Waals surface area contributed by atoms with Crippen molar-refractivity contribution >= 4 is 39.9 Å². The molecule has 1 fully saturated rings. The summed E-state index contributed by atoms with van der Waals surface area (Å²) in [5, 5.41) is 7.71. The van der Waals surface area contributed by atoms with E-state index in [2.05, 4.69) is 79.4 Å². The van der Waals surface area contributed by atoms with Gasteiger partial charge in [0.1, 0.15) is 0 Å². The van der Waals surface area contributed by atoms with Gasteiger partial charge in [0, 0.05) is 21.0 Å². The molecule has 1 aliphatic carbocycles. The molecule has 3 aliphatic rings. The zero-order valence-electron chi connectivity index (χ0n) is 16.5. The Hall–Kier alpha value is -2.24. The number of benzene rings is 3. The molecule has 3 aromatic carbocycles. The van der Waals surface area contributed by atoms with Crippen molar-refractivity contribution in [3.63, 3.8) is 0 Å². The first-order chi connectivity index (χ1) is 13.7. The first kappa shape index (κ1) is 15.7. The van der Waals surface area contributed by atoms with Gasteiger partial charge < -0.3 is 4.90 Å². The number of hydrogen-bond donors (Lipinski definition) is 0. The summed E-state index contributed by atoms with van der Waals surface area (Å²) < 4.78 is 0. The lowest BCUT2D eigenvalue weighted by Gasteiger charge is -2.51. The van der Waals surface area contributed by atoms with Crippen LogP contribution in [0.2, 0.25) is 0 Å². The molecule has 0 N–H and O–H groups in total. The molecule has 3 atom stereocenters. The second-order valence-electron chi connectivity index (χ2n) is 9.35. The van der Waals surface area contributed by atoms with Gasteiger partial charge in [-0.3, -0.25) is 0 Å². The van der Waals surface area contributed by atoms with Crippen molar-refractivity contribution in [3.05, 3.63) is 66.2 Å². The molecule has 0 saturated heterocycles. The Labute approximate surface area is 167 Å². The maximum atomic E-state index is 2.79. The molecule has 0 bridgehead atoms.